The Hall–Kier alpha value is -1.81. The molecule has 0 N–H and O–H groups in total. The second-order valence-electron chi connectivity index (χ2n) is 7.53. The minimum atomic E-state index is -0.228. The first kappa shape index (κ1) is 18.0. The zero-order valence-electron chi connectivity index (χ0n) is 15.7. The zero-order valence-corrected chi connectivity index (χ0v) is 15.7. The van der Waals surface area contributed by atoms with E-state index in [2.05, 4.69) is 39.0 Å². The predicted molar refractivity (Wildman–Crippen MR) is 96.3 cm³/mol. The Kier molecular flexibility index (Phi) is 4.92. The van der Waals surface area contributed by atoms with Crippen molar-refractivity contribution in [3.63, 3.8) is 0 Å². The van der Waals surface area contributed by atoms with Gasteiger partial charge < -0.3 is 14.2 Å². The third-order valence-corrected chi connectivity index (χ3v) is 6.24. The summed E-state index contributed by atoms with van der Waals surface area (Å²) in [5.74, 6) is 1.59. The lowest BCUT2D eigenvalue weighted by atomic mass is 9.56. The van der Waals surface area contributed by atoms with Crippen molar-refractivity contribution >= 4 is 5.97 Å². The van der Waals surface area contributed by atoms with Crippen molar-refractivity contribution in [3.8, 4) is 5.75 Å². The molecular weight excluding hydrogens is 316 g/mol. The van der Waals surface area contributed by atoms with Crippen LogP contribution >= 0.6 is 0 Å². The van der Waals surface area contributed by atoms with Crippen LogP contribution in [0.2, 0.25) is 0 Å². The van der Waals surface area contributed by atoms with Crippen LogP contribution in [-0.2, 0) is 14.3 Å². The molecule has 2 aliphatic rings. The smallest absolute Gasteiger partial charge is 0.302 e. The normalized spacial score (nSPS) is 34.2. The molecule has 1 aliphatic carbocycles. The Balaban J connectivity index is 1.92. The van der Waals surface area contributed by atoms with E-state index in [9.17, 15) is 4.79 Å². The molecule has 0 amide bonds. The summed E-state index contributed by atoms with van der Waals surface area (Å²) in [4.78, 5) is 11.4. The summed E-state index contributed by atoms with van der Waals surface area (Å²) in [6.07, 6.45) is 2.36. The first-order valence-corrected chi connectivity index (χ1v) is 8.96. The van der Waals surface area contributed by atoms with Gasteiger partial charge in [-0.05, 0) is 36.5 Å². The molecule has 1 fully saturated rings. The van der Waals surface area contributed by atoms with Gasteiger partial charge >= 0.3 is 5.97 Å². The number of hydrogen-bond donors (Lipinski definition) is 0. The van der Waals surface area contributed by atoms with Crippen LogP contribution in [-0.4, -0.2) is 26.3 Å². The van der Waals surface area contributed by atoms with Gasteiger partial charge in [-0.2, -0.15) is 0 Å². The second kappa shape index (κ2) is 6.83. The van der Waals surface area contributed by atoms with E-state index in [1.807, 2.05) is 12.1 Å². The van der Waals surface area contributed by atoms with Crippen LogP contribution < -0.4 is 4.74 Å². The van der Waals surface area contributed by atoms with E-state index < -0.39 is 0 Å². The van der Waals surface area contributed by atoms with E-state index in [0.29, 0.717) is 25.0 Å². The van der Waals surface area contributed by atoms with E-state index in [1.165, 1.54) is 18.1 Å². The second-order valence-corrected chi connectivity index (χ2v) is 7.53. The molecule has 0 saturated carbocycles. The number of carbonyl (C=O) groups excluding carboxylic acids is 1. The summed E-state index contributed by atoms with van der Waals surface area (Å²) >= 11 is 0. The van der Waals surface area contributed by atoms with Crippen LogP contribution in [0, 0.1) is 23.2 Å². The summed E-state index contributed by atoms with van der Waals surface area (Å²) < 4.78 is 17.1. The van der Waals surface area contributed by atoms with Crippen LogP contribution in [0.25, 0.3) is 0 Å². The van der Waals surface area contributed by atoms with Crippen LogP contribution in [0.15, 0.2) is 35.9 Å². The maximum Gasteiger partial charge on any atom is 0.302 e. The third-order valence-electron chi connectivity index (χ3n) is 6.24. The highest BCUT2D eigenvalue weighted by Gasteiger charge is 2.54. The average Bonchev–Trinajstić information content (AvgIpc) is 2.59. The Labute approximate surface area is 150 Å². The van der Waals surface area contributed by atoms with Crippen LogP contribution in [0.5, 0.6) is 5.75 Å². The highest BCUT2D eigenvalue weighted by molar-refractivity contribution is 5.66. The number of carbonyl (C=O) groups is 1. The highest BCUT2D eigenvalue weighted by atomic mass is 16.5. The third kappa shape index (κ3) is 3.08. The number of methoxy groups -OCH3 is 1. The van der Waals surface area contributed by atoms with E-state index in [-0.39, 0.29) is 23.4 Å². The molecule has 1 aromatic carbocycles. The number of fused-ring (bicyclic) bond motifs is 2. The first-order valence-electron chi connectivity index (χ1n) is 8.96. The molecule has 0 spiro atoms. The molecule has 1 heterocycles. The van der Waals surface area contributed by atoms with Gasteiger partial charge in [0.2, 0.25) is 0 Å². The van der Waals surface area contributed by atoms with Crippen molar-refractivity contribution in [2.75, 3.05) is 20.3 Å². The molecule has 1 saturated heterocycles. The van der Waals surface area contributed by atoms with Gasteiger partial charge in [-0.25, -0.2) is 0 Å². The minimum Gasteiger partial charge on any atom is -0.497 e. The van der Waals surface area contributed by atoms with Gasteiger partial charge in [0.05, 0.1) is 26.4 Å². The van der Waals surface area contributed by atoms with Gasteiger partial charge in [-0.1, -0.05) is 37.6 Å². The molecule has 3 rings (SSSR count). The van der Waals surface area contributed by atoms with Crippen LogP contribution in [0.1, 0.15) is 39.4 Å². The standard InChI is InChI=1S/C21H28O4/c1-13-10-14(2)21(11-24-16(4)22)12-25-20(19(13)15(21)3)17-6-8-18(23-5)9-7-17/h6-10,14-15,19-20H,11-12H2,1-5H3/t14-,15+,19-,20-,21-/m1/s1. The van der Waals surface area contributed by atoms with Crippen LogP contribution in [0.3, 0.4) is 0 Å². The quantitative estimate of drug-likeness (QED) is 0.607. The lowest BCUT2D eigenvalue weighted by molar-refractivity contribution is -0.180. The summed E-state index contributed by atoms with van der Waals surface area (Å²) in [6.45, 7) is 9.16. The molecule has 4 heteroatoms. The molecule has 0 radical (unpaired) electrons. The van der Waals surface area contributed by atoms with E-state index in [0.717, 1.165) is 5.75 Å². The van der Waals surface area contributed by atoms with E-state index >= 15 is 0 Å². The molecule has 4 nitrogen and oxygen atoms in total. The molecule has 1 aromatic rings. The fourth-order valence-electron chi connectivity index (χ4n) is 4.59. The predicted octanol–water partition coefficient (Wildman–Crippen LogP) is 4.16. The number of esters is 1. The Morgan fingerprint density at radius 3 is 2.56 bits per heavy atom. The highest BCUT2D eigenvalue weighted by Crippen LogP contribution is 2.56. The van der Waals surface area contributed by atoms with Crippen molar-refractivity contribution in [2.45, 2.75) is 33.8 Å². The van der Waals surface area contributed by atoms with Gasteiger partial charge in [-0.3, -0.25) is 4.79 Å². The van der Waals surface area contributed by atoms with E-state index in [1.54, 1.807) is 7.11 Å². The van der Waals surface area contributed by atoms with Gasteiger partial charge in [0, 0.05) is 18.3 Å². The Bertz CT molecular complexity index is 663. The molecule has 1 aliphatic heterocycles. The minimum absolute atomic E-state index is 0.0232. The topological polar surface area (TPSA) is 44.8 Å². The van der Waals surface area contributed by atoms with Crippen molar-refractivity contribution in [3.05, 3.63) is 41.5 Å². The summed E-state index contributed by atoms with van der Waals surface area (Å²) in [5.41, 5.74) is 2.37. The summed E-state index contributed by atoms with van der Waals surface area (Å²) in [6, 6.07) is 8.13. The Morgan fingerprint density at radius 1 is 1.28 bits per heavy atom. The number of rotatable bonds is 4. The summed E-state index contributed by atoms with van der Waals surface area (Å²) in [7, 11) is 1.67. The number of allylic oxidation sites excluding steroid dienone is 1. The average molecular weight is 344 g/mol. The van der Waals surface area contributed by atoms with Gasteiger partial charge in [0.1, 0.15) is 5.75 Å². The number of hydrogen-bond acceptors (Lipinski definition) is 4. The van der Waals surface area contributed by atoms with Crippen molar-refractivity contribution in [1.82, 2.24) is 0 Å². The maximum absolute atomic E-state index is 11.4. The maximum atomic E-state index is 11.4. The monoisotopic (exact) mass is 344 g/mol. The SMILES string of the molecule is COc1ccc([C@H]2OC[C@]3(COC(C)=O)[C@H](C)C=C(C)[C@@H]2[C@@H]3C)cc1. The molecule has 25 heavy (non-hydrogen) atoms. The van der Waals surface area contributed by atoms with Gasteiger partial charge in [-0.15, -0.1) is 0 Å². The first-order chi connectivity index (χ1) is 11.9. The molecular formula is C21H28O4. The number of ether oxygens (including phenoxy) is 3. The fourth-order valence-corrected chi connectivity index (χ4v) is 4.59. The van der Waals surface area contributed by atoms with Crippen molar-refractivity contribution in [2.24, 2.45) is 23.2 Å². The van der Waals surface area contributed by atoms with Gasteiger partial charge in [0.15, 0.2) is 0 Å². The fraction of sp³-hybridized carbons (Fsp3) is 0.571. The molecule has 0 aromatic heterocycles. The largest absolute Gasteiger partial charge is 0.497 e. The zero-order chi connectivity index (χ0) is 18.2. The van der Waals surface area contributed by atoms with Crippen molar-refractivity contribution in [1.29, 1.82) is 0 Å². The Morgan fingerprint density at radius 2 is 1.96 bits per heavy atom. The van der Waals surface area contributed by atoms with Crippen LogP contribution in [0.4, 0.5) is 0 Å². The molecule has 2 bridgehead atoms. The van der Waals surface area contributed by atoms with Crippen molar-refractivity contribution < 1.29 is 19.0 Å². The number of benzene rings is 1. The molecule has 5 atom stereocenters. The van der Waals surface area contributed by atoms with Gasteiger partial charge in [0.25, 0.3) is 0 Å². The lowest BCUT2D eigenvalue weighted by Crippen LogP contribution is -2.54. The summed E-state index contributed by atoms with van der Waals surface area (Å²) in [5, 5.41) is 0. The molecule has 0 unspecified atom stereocenters. The van der Waals surface area contributed by atoms with E-state index in [4.69, 9.17) is 14.2 Å². The molecule has 136 valence electrons. The lowest BCUT2D eigenvalue weighted by Gasteiger charge is -2.55.